The van der Waals surface area contributed by atoms with Crippen molar-refractivity contribution in [2.45, 2.75) is 46.6 Å². The van der Waals surface area contributed by atoms with Crippen molar-refractivity contribution in [2.75, 3.05) is 11.9 Å². The van der Waals surface area contributed by atoms with E-state index in [2.05, 4.69) is 35.1 Å². The third kappa shape index (κ3) is 6.09. The van der Waals surface area contributed by atoms with Crippen molar-refractivity contribution >= 4 is 33.5 Å². The molecular weight excluding hydrogens is 422 g/mol. The Labute approximate surface area is 174 Å². The second-order valence-electron chi connectivity index (χ2n) is 7.16. The predicted octanol–water partition coefficient (Wildman–Crippen LogP) is 5.46. The van der Waals surface area contributed by atoms with E-state index < -0.39 is 0 Å². The van der Waals surface area contributed by atoms with Gasteiger partial charge >= 0.3 is 5.97 Å². The SMILES string of the molecule is Cc1cc(OCC(=O)Nc2ccc(C(=O)OC(C)C)cc2)c(C(C)C)cc1Br. The lowest BCUT2D eigenvalue weighted by atomic mass is 10.0. The molecule has 0 spiro atoms. The average Bonchev–Trinajstić information content (AvgIpc) is 2.62. The summed E-state index contributed by atoms with van der Waals surface area (Å²) in [5.41, 5.74) is 3.11. The van der Waals surface area contributed by atoms with Crippen LogP contribution in [0.5, 0.6) is 5.75 Å². The zero-order chi connectivity index (χ0) is 20.8. The van der Waals surface area contributed by atoms with E-state index in [0.717, 1.165) is 15.6 Å². The van der Waals surface area contributed by atoms with E-state index >= 15 is 0 Å². The van der Waals surface area contributed by atoms with Crippen molar-refractivity contribution in [2.24, 2.45) is 0 Å². The fourth-order valence-electron chi connectivity index (χ4n) is 2.56. The Bertz CT molecular complexity index is 844. The molecule has 0 fully saturated rings. The van der Waals surface area contributed by atoms with Crippen LogP contribution in [0.3, 0.4) is 0 Å². The molecule has 6 heteroatoms. The number of aryl methyl sites for hydroxylation is 1. The zero-order valence-corrected chi connectivity index (χ0v) is 18.4. The van der Waals surface area contributed by atoms with Gasteiger partial charge in [-0.05, 0) is 74.2 Å². The first-order valence-corrected chi connectivity index (χ1v) is 10.0. The van der Waals surface area contributed by atoms with E-state index in [9.17, 15) is 9.59 Å². The number of anilines is 1. The number of hydrogen-bond acceptors (Lipinski definition) is 4. The van der Waals surface area contributed by atoms with Gasteiger partial charge in [-0.15, -0.1) is 0 Å². The maximum atomic E-state index is 12.2. The van der Waals surface area contributed by atoms with Gasteiger partial charge in [0.05, 0.1) is 11.7 Å². The number of benzene rings is 2. The first-order valence-electron chi connectivity index (χ1n) is 9.21. The lowest BCUT2D eigenvalue weighted by Gasteiger charge is -2.16. The first kappa shape index (κ1) is 22.0. The summed E-state index contributed by atoms with van der Waals surface area (Å²) in [4.78, 5) is 24.1. The molecule has 0 unspecified atom stereocenters. The molecule has 0 saturated carbocycles. The van der Waals surface area contributed by atoms with Crippen molar-refractivity contribution in [1.82, 2.24) is 0 Å². The van der Waals surface area contributed by atoms with Crippen LogP contribution >= 0.6 is 15.9 Å². The Morgan fingerprint density at radius 3 is 2.29 bits per heavy atom. The van der Waals surface area contributed by atoms with Crippen LogP contribution in [0.2, 0.25) is 0 Å². The lowest BCUT2D eigenvalue weighted by Crippen LogP contribution is -2.20. The largest absolute Gasteiger partial charge is 0.483 e. The van der Waals surface area contributed by atoms with Crippen molar-refractivity contribution in [1.29, 1.82) is 0 Å². The van der Waals surface area contributed by atoms with Crippen LogP contribution in [-0.2, 0) is 9.53 Å². The molecule has 0 atom stereocenters. The maximum Gasteiger partial charge on any atom is 0.338 e. The Hall–Kier alpha value is -2.34. The van der Waals surface area contributed by atoms with Crippen molar-refractivity contribution < 1.29 is 19.1 Å². The number of hydrogen-bond donors (Lipinski definition) is 1. The molecule has 0 aliphatic carbocycles. The third-order valence-electron chi connectivity index (χ3n) is 4.02. The molecule has 0 bridgehead atoms. The molecule has 1 N–H and O–H groups in total. The average molecular weight is 448 g/mol. The minimum Gasteiger partial charge on any atom is -0.483 e. The molecule has 0 aliphatic rings. The number of carbonyl (C=O) groups is 2. The molecular formula is C22H26BrNO4. The number of ether oxygens (including phenoxy) is 2. The quantitative estimate of drug-likeness (QED) is 0.571. The number of carbonyl (C=O) groups excluding carboxylic acids is 2. The van der Waals surface area contributed by atoms with Crippen LogP contribution in [0.15, 0.2) is 40.9 Å². The van der Waals surface area contributed by atoms with Gasteiger partial charge < -0.3 is 14.8 Å². The van der Waals surface area contributed by atoms with Gasteiger partial charge in [0.2, 0.25) is 0 Å². The summed E-state index contributed by atoms with van der Waals surface area (Å²) >= 11 is 3.53. The molecule has 150 valence electrons. The number of nitrogens with one attached hydrogen (secondary N) is 1. The third-order valence-corrected chi connectivity index (χ3v) is 4.87. The molecule has 0 saturated heterocycles. The summed E-state index contributed by atoms with van der Waals surface area (Å²) in [5, 5.41) is 2.77. The summed E-state index contributed by atoms with van der Waals surface area (Å²) in [6, 6.07) is 10.5. The Morgan fingerprint density at radius 2 is 1.71 bits per heavy atom. The van der Waals surface area contributed by atoms with Crippen LogP contribution in [0.4, 0.5) is 5.69 Å². The van der Waals surface area contributed by atoms with Crippen molar-refractivity contribution in [3.05, 3.63) is 57.6 Å². The van der Waals surface area contributed by atoms with Crippen LogP contribution in [0.1, 0.15) is 55.1 Å². The van der Waals surface area contributed by atoms with Crippen LogP contribution in [-0.4, -0.2) is 24.6 Å². The smallest absolute Gasteiger partial charge is 0.338 e. The summed E-state index contributed by atoms with van der Waals surface area (Å²) in [6.07, 6.45) is -0.179. The summed E-state index contributed by atoms with van der Waals surface area (Å²) in [7, 11) is 0. The molecule has 5 nitrogen and oxygen atoms in total. The van der Waals surface area contributed by atoms with Gasteiger partial charge in [-0.1, -0.05) is 29.8 Å². The van der Waals surface area contributed by atoms with E-state index in [4.69, 9.17) is 9.47 Å². The van der Waals surface area contributed by atoms with Gasteiger partial charge in [-0.2, -0.15) is 0 Å². The van der Waals surface area contributed by atoms with Crippen LogP contribution in [0, 0.1) is 6.92 Å². The highest BCUT2D eigenvalue weighted by atomic mass is 79.9. The van der Waals surface area contributed by atoms with Gasteiger partial charge in [0.25, 0.3) is 5.91 Å². The second-order valence-corrected chi connectivity index (χ2v) is 8.02. The Morgan fingerprint density at radius 1 is 1.07 bits per heavy atom. The number of rotatable bonds is 7. The van der Waals surface area contributed by atoms with Crippen molar-refractivity contribution in [3.63, 3.8) is 0 Å². The molecule has 2 rings (SSSR count). The number of halogens is 1. The fraction of sp³-hybridized carbons (Fsp3) is 0.364. The monoisotopic (exact) mass is 447 g/mol. The molecule has 0 aromatic heterocycles. The standard InChI is InChI=1S/C22H26BrNO4/c1-13(2)18-11-19(23)15(5)10-20(18)27-12-21(25)24-17-8-6-16(7-9-17)22(26)28-14(3)4/h6-11,13-14H,12H2,1-5H3,(H,24,25). The molecule has 2 aromatic rings. The topological polar surface area (TPSA) is 64.6 Å². The second kappa shape index (κ2) is 9.73. The van der Waals surface area contributed by atoms with Gasteiger partial charge in [-0.3, -0.25) is 4.79 Å². The minimum absolute atomic E-state index is 0.0993. The molecule has 0 heterocycles. The van der Waals surface area contributed by atoms with Gasteiger partial charge in [0.1, 0.15) is 5.75 Å². The molecule has 0 aliphatic heterocycles. The van der Waals surface area contributed by atoms with Gasteiger partial charge in [0, 0.05) is 10.2 Å². The fourth-order valence-corrected chi connectivity index (χ4v) is 2.92. The highest BCUT2D eigenvalue weighted by molar-refractivity contribution is 9.10. The molecule has 0 radical (unpaired) electrons. The lowest BCUT2D eigenvalue weighted by molar-refractivity contribution is -0.118. The number of esters is 1. The van der Waals surface area contributed by atoms with E-state index in [1.54, 1.807) is 38.1 Å². The Balaban J connectivity index is 1.98. The molecule has 2 aromatic carbocycles. The summed E-state index contributed by atoms with van der Waals surface area (Å²) in [6.45, 7) is 9.63. The van der Waals surface area contributed by atoms with Gasteiger partial charge in [0.15, 0.2) is 6.61 Å². The highest BCUT2D eigenvalue weighted by Gasteiger charge is 2.13. The van der Waals surface area contributed by atoms with E-state index in [1.165, 1.54) is 0 Å². The zero-order valence-electron chi connectivity index (χ0n) is 16.8. The van der Waals surface area contributed by atoms with E-state index in [1.807, 2.05) is 19.1 Å². The van der Waals surface area contributed by atoms with Gasteiger partial charge in [-0.25, -0.2) is 4.79 Å². The van der Waals surface area contributed by atoms with Crippen LogP contribution < -0.4 is 10.1 Å². The summed E-state index contributed by atoms with van der Waals surface area (Å²) < 4.78 is 11.9. The minimum atomic E-state index is -0.386. The van der Waals surface area contributed by atoms with E-state index in [-0.39, 0.29) is 30.5 Å². The normalized spacial score (nSPS) is 10.9. The first-order chi connectivity index (χ1) is 13.2. The highest BCUT2D eigenvalue weighted by Crippen LogP contribution is 2.32. The number of amides is 1. The van der Waals surface area contributed by atoms with Crippen LogP contribution in [0.25, 0.3) is 0 Å². The Kier molecular flexibility index (Phi) is 7.63. The van der Waals surface area contributed by atoms with Crippen molar-refractivity contribution in [3.8, 4) is 5.75 Å². The summed E-state index contributed by atoms with van der Waals surface area (Å²) in [5.74, 6) is 0.321. The molecule has 28 heavy (non-hydrogen) atoms. The predicted molar refractivity (Wildman–Crippen MR) is 114 cm³/mol. The van der Waals surface area contributed by atoms with E-state index in [0.29, 0.717) is 17.0 Å². The maximum absolute atomic E-state index is 12.2. The molecule has 1 amide bonds.